The van der Waals surface area contributed by atoms with E-state index < -0.39 is 0 Å². The Morgan fingerprint density at radius 1 is 1.38 bits per heavy atom. The third-order valence-corrected chi connectivity index (χ3v) is 3.74. The molecule has 0 aromatic heterocycles. The Hall–Kier alpha value is -0.410. The van der Waals surface area contributed by atoms with Crippen LogP contribution in [0, 0.1) is 11.2 Å². The molecule has 0 saturated heterocycles. The molecule has 1 aromatic rings. The van der Waals surface area contributed by atoms with E-state index in [1.807, 2.05) is 13.1 Å². The van der Waals surface area contributed by atoms with Crippen molar-refractivity contribution in [3.63, 3.8) is 0 Å². The Kier molecular flexibility index (Phi) is 4.51. The minimum Gasteiger partial charge on any atom is -0.316 e. The van der Waals surface area contributed by atoms with Gasteiger partial charge in [-0.2, -0.15) is 0 Å². The SMILES string of the molecule is CNC(Cc1cccc(F)c1Br)C(C)(C)C. The Bertz CT molecular complexity index is 357. The van der Waals surface area contributed by atoms with E-state index in [-0.39, 0.29) is 11.2 Å². The lowest BCUT2D eigenvalue weighted by molar-refractivity contribution is 0.279. The molecule has 0 aliphatic rings. The topological polar surface area (TPSA) is 12.0 Å². The van der Waals surface area contributed by atoms with Crippen LogP contribution in [0.1, 0.15) is 26.3 Å². The van der Waals surface area contributed by atoms with Crippen LogP contribution in [0.3, 0.4) is 0 Å². The minimum absolute atomic E-state index is 0.153. The fraction of sp³-hybridized carbons (Fsp3) is 0.538. The molecule has 0 saturated carbocycles. The number of halogens is 2. The van der Waals surface area contributed by atoms with Gasteiger partial charge >= 0.3 is 0 Å². The van der Waals surface area contributed by atoms with Crippen LogP contribution in [0.15, 0.2) is 22.7 Å². The van der Waals surface area contributed by atoms with Gasteiger partial charge < -0.3 is 5.32 Å². The molecule has 1 rings (SSSR count). The number of hydrogen-bond acceptors (Lipinski definition) is 1. The van der Waals surface area contributed by atoms with Gasteiger partial charge in [-0.15, -0.1) is 0 Å². The quantitative estimate of drug-likeness (QED) is 0.893. The van der Waals surface area contributed by atoms with Gasteiger partial charge in [-0.25, -0.2) is 4.39 Å². The monoisotopic (exact) mass is 287 g/mol. The smallest absolute Gasteiger partial charge is 0.137 e. The van der Waals surface area contributed by atoms with Crippen molar-refractivity contribution in [1.82, 2.24) is 5.32 Å². The Morgan fingerprint density at radius 3 is 2.50 bits per heavy atom. The first-order valence-corrected chi connectivity index (χ1v) is 6.25. The standard InChI is InChI=1S/C13H19BrFN/c1-13(2,3)11(16-4)8-9-6-5-7-10(15)12(9)14/h5-7,11,16H,8H2,1-4H3. The summed E-state index contributed by atoms with van der Waals surface area (Å²) in [6, 6.07) is 5.51. The van der Waals surface area contributed by atoms with Gasteiger partial charge in [-0.1, -0.05) is 32.9 Å². The summed E-state index contributed by atoms with van der Waals surface area (Å²) in [4.78, 5) is 0. The highest BCUT2D eigenvalue weighted by Gasteiger charge is 2.24. The predicted molar refractivity (Wildman–Crippen MR) is 70.1 cm³/mol. The second-order valence-electron chi connectivity index (χ2n) is 5.12. The summed E-state index contributed by atoms with van der Waals surface area (Å²) in [7, 11) is 1.95. The highest BCUT2D eigenvalue weighted by Crippen LogP contribution is 2.27. The van der Waals surface area contributed by atoms with Gasteiger partial charge in [0.15, 0.2) is 0 Å². The predicted octanol–water partition coefficient (Wildman–Crippen LogP) is 3.76. The first kappa shape index (κ1) is 13.7. The van der Waals surface area contributed by atoms with Gasteiger partial charge in [0, 0.05) is 6.04 Å². The average molecular weight is 288 g/mol. The number of hydrogen-bond donors (Lipinski definition) is 1. The van der Waals surface area contributed by atoms with E-state index in [0.717, 1.165) is 12.0 Å². The average Bonchev–Trinajstić information content (AvgIpc) is 2.18. The molecule has 16 heavy (non-hydrogen) atoms. The highest BCUT2D eigenvalue weighted by molar-refractivity contribution is 9.10. The van der Waals surface area contributed by atoms with Crippen LogP contribution in [0.2, 0.25) is 0 Å². The number of rotatable bonds is 3. The molecular weight excluding hydrogens is 269 g/mol. The van der Waals surface area contributed by atoms with Crippen molar-refractivity contribution in [3.8, 4) is 0 Å². The first-order valence-electron chi connectivity index (χ1n) is 5.46. The zero-order chi connectivity index (χ0) is 12.3. The van der Waals surface area contributed by atoms with Crippen LogP contribution >= 0.6 is 15.9 Å². The highest BCUT2D eigenvalue weighted by atomic mass is 79.9. The Morgan fingerprint density at radius 2 is 2.00 bits per heavy atom. The lowest BCUT2D eigenvalue weighted by Crippen LogP contribution is -2.39. The van der Waals surface area contributed by atoms with Crippen molar-refractivity contribution >= 4 is 15.9 Å². The molecular formula is C13H19BrFN. The van der Waals surface area contributed by atoms with Crippen molar-refractivity contribution in [2.45, 2.75) is 33.2 Å². The van der Waals surface area contributed by atoms with E-state index in [0.29, 0.717) is 10.5 Å². The van der Waals surface area contributed by atoms with Gasteiger partial charge in [0.2, 0.25) is 0 Å². The molecule has 90 valence electrons. The van der Waals surface area contributed by atoms with Crippen LogP contribution in [0.5, 0.6) is 0 Å². The molecule has 1 aromatic carbocycles. The molecule has 0 radical (unpaired) electrons. The maximum Gasteiger partial charge on any atom is 0.137 e. The molecule has 0 aliphatic heterocycles. The summed E-state index contributed by atoms with van der Waals surface area (Å²) in [6.45, 7) is 6.55. The third kappa shape index (κ3) is 3.29. The molecule has 0 aliphatic carbocycles. The molecule has 0 heterocycles. The molecule has 0 amide bonds. The largest absolute Gasteiger partial charge is 0.316 e. The van der Waals surface area contributed by atoms with Gasteiger partial charge in [-0.05, 0) is 46.4 Å². The Labute approximate surface area is 106 Å². The van der Waals surface area contributed by atoms with Crippen molar-refractivity contribution < 1.29 is 4.39 Å². The summed E-state index contributed by atoms with van der Waals surface area (Å²) in [5, 5.41) is 3.29. The van der Waals surface area contributed by atoms with Crippen molar-refractivity contribution in [2.24, 2.45) is 5.41 Å². The normalized spacial score (nSPS) is 13.9. The second-order valence-corrected chi connectivity index (χ2v) is 5.92. The van der Waals surface area contributed by atoms with E-state index >= 15 is 0 Å². The maximum absolute atomic E-state index is 13.4. The van der Waals surface area contributed by atoms with Crippen LogP contribution in [-0.4, -0.2) is 13.1 Å². The fourth-order valence-corrected chi connectivity index (χ4v) is 2.19. The van der Waals surface area contributed by atoms with Crippen LogP contribution in [0.4, 0.5) is 4.39 Å². The van der Waals surface area contributed by atoms with Gasteiger partial charge in [0.05, 0.1) is 4.47 Å². The molecule has 3 heteroatoms. The van der Waals surface area contributed by atoms with Crippen molar-refractivity contribution in [3.05, 3.63) is 34.1 Å². The second kappa shape index (κ2) is 5.28. The summed E-state index contributed by atoms with van der Waals surface area (Å²) in [5.74, 6) is -0.193. The van der Waals surface area contributed by atoms with Crippen LogP contribution in [0.25, 0.3) is 0 Å². The van der Waals surface area contributed by atoms with Gasteiger partial charge in [-0.3, -0.25) is 0 Å². The van der Waals surface area contributed by atoms with Crippen molar-refractivity contribution in [2.75, 3.05) is 7.05 Å². The summed E-state index contributed by atoms with van der Waals surface area (Å²) in [6.07, 6.45) is 0.818. The summed E-state index contributed by atoms with van der Waals surface area (Å²) < 4.78 is 13.9. The zero-order valence-electron chi connectivity index (χ0n) is 10.3. The van der Waals surface area contributed by atoms with Crippen molar-refractivity contribution in [1.29, 1.82) is 0 Å². The summed E-state index contributed by atoms with van der Waals surface area (Å²) >= 11 is 3.30. The van der Waals surface area contributed by atoms with Gasteiger partial charge in [0.1, 0.15) is 5.82 Å². The third-order valence-electron chi connectivity index (χ3n) is 2.85. The minimum atomic E-state index is -0.193. The molecule has 1 atom stereocenters. The molecule has 1 nitrogen and oxygen atoms in total. The van der Waals surface area contributed by atoms with E-state index in [1.165, 1.54) is 6.07 Å². The van der Waals surface area contributed by atoms with E-state index in [1.54, 1.807) is 6.07 Å². The van der Waals surface area contributed by atoms with E-state index in [2.05, 4.69) is 42.0 Å². The number of benzene rings is 1. The lowest BCUT2D eigenvalue weighted by Gasteiger charge is -2.30. The zero-order valence-corrected chi connectivity index (χ0v) is 11.9. The van der Waals surface area contributed by atoms with E-state index in [4.69, 9.17) is 0 Å². The van der Waals surface area contributed by atoms with Gasteiger partial charge in [0.25, 0.3) is 0 Å². The summed E-state index contributed by atoms with van der Waals surface area (Å²) in [5.41, 5.74) is 1.16. The number of likely N-dealkylation sites (N-methyl/N-ethyl adjacent to an activating group) is 1. The number of nitrogens with one attached hydrogen (secondary N) is 1. The lowest BCUT2D eigenvalue weighted by atomic mass is 9.83. The van der Waals surface area contributed by atoms with Crippen LogP contribution < -0.4 is 5.32 Å². The molecule has 0 fully saturated rings. The molecule has 0 spiro atoms. The first-order chi connectivity index (χ1) is 7.36. The van der Waals surface area contributed by atoms with E-state index in [9.17, 15) is 4.39 Å². The Balaban J connectivity index is 2.91. The molecule has 1 unspecified atom stereocenters. The fourth-order valence-electron chi connectivity index (χ4n) is 1.77. The maximum atomic E-state index is 13.4. The molecule has 1 N–H and O–H groups in total. The van der Waals surface area contributed by atoms with Crippen LogP contribution in [-0.2, 0) is 6.42 Å². The molecule has 0 bridgehead atoms.